The first-order valence-corrected chi connectivity index (χ1v) is 17.0. The van der Waals surface area contributed by atoms with E-state index in [1.165, 1.54) is 0 Å². The molecule has 1 aliphatic heterocycles. The number of ether oxygens (including phenoxy) is 2. The van der Waals surface area contributed by atoms with E-state index in [1.54, 1.807) is 24.3 Å². The minimum atomic E-state index is -2.07. The molecule has 0 fully saturated rings. The number of rotatable bonds is 15. The highest BCUT2D eigenvalue weighted by molar-refractivity contribution is 6.04. The molecule has 0 radical (unpaired) electrons. The van der Waals surface area contributed by atoms with E-state index >= 15 is 0 Å². The second kappa shape index (κ2) is 15.9. The molecule has 1 heterocycles. The van der Waals surface area contributed by atoms with Gasteiger partial charge in [0.25, 0.3) is 11.8 Å². The number of carbonyl (C=O) groups is 4. The molecule has 3 atom stereocenters. The highest BCUT2D eigenvalue weighted by Crippen LogP contribution is 2.31. The van der Waals surface area contributed by atoms with Gasteiger partial charge in [-0.1, -0.05) is 110 Å². The van der Waals surface area contributed by atoms with Crippen molar-refractivity contribution >= 4 is 50.8 Å². The van der Waals surface area contributed by atoms with Gasteiger partial charge in [-0.25, -0.2) is 0 Å². The summed E-state index contributed by atoms with van der Waals surface area (Å²) in [6.45, 7) is 3.24. The van der Waals surface area contributed by atoms with Crippen molar-refractivity contribution in [1.29, 1.82) is 0 Å². The molecule has 5 aromatic carbocycles. The van der Waals surface area contributed by atoms with Crippen LogP contribution in [-0.2, 0) is 30.6 Å². The number of carboxylic acids is 1. The number of aliphatic carboxylic acids is 1. The number of ketones is 1. The Kier molecular flexibility index (Phi) is 10.9. The Morgan fingerprint density at radius 3 is 2.12 bits per heavy atom. The molecular formula is C41H39N3O8. The fourth-order valence-corrected chi connectivity index (χ4v) is 6.03. The molecule has 0 saturated carbocycles. The topological polar surface area (TPSA) is 153 Å². The van der Waals surface area contributed by atoms with Crippen molar-refractivity contribution in [2.75, 3.05) is 6.61 Å². The van der Waals surface area contributed by atoms with Gasteiger partial charge in [-0.15, -0.1) is 0 Å². The summed E-state index contributed by atoms with van der Waals surface area (Å²) < 4.78 is 11.9. The lowest BCUT2D eigenvalue weighted by Crippen LogP contribution is -2.55. The van der Waals surface area contributed by atoms with Gasteiger partial charge in [0, 0.05) is 5.56 Å². The van der Waals surface area contributed by atoms with Gasteiger partial charge < -0.3 is 30.1 Å². The summed E-state index contributed by atoms with van der Waals surface area (Å²) in [7, 11) is 0. The molecule has 1 aliphatic rings. The third-order valence-corrected chi connectivity index (χ3v) is 8.88. The van der Waals surface area contributed by atoms with Crippen LogP contribution in [0.2, 0.25) is 0 Å². The number of oxime groups is 1. The van der Waals surface area contributed by atoms with E-state index in [9.17, 15) is 24.3 Å². The van der Waals surface area contributed by atoms with Gasteiger partial charge in [-0.2, -0.15) is 0 Å². The van der Waals surface area contributed by atoms with Gasteiger partial charge in [0.15, 0.2) is 5.78 Å². The summed E-state index contributed by atoms with van der Waals surface area (Å²) in [6, 6.07) is 33.1. The smallest absolute Gasteiger partial charge is 0.321 e. The van der Waals surface area contributed by atoms with Crippen molar-refractivity contribution < 1.29 is 38.6 Å². The van der Waals surface area contributed by atoms with Crippen LogP contribution in [0.5, 0.6) is 5.75 Å². The molecule has 11 nitrogen and oxygen atoms in total. The predicted octanol–water partition coefficient (Wildman–Crippen LogP) is 6.04. The summed E-state index contributed by atoms with van der Waals surface area (Å²) in [6.07, 6.45) is -0.904. The zero-order valence-electron chi connectivity index (χ0n) is 28.8. The van der Waals surface area contributed by atoms with E-state index in [0.717, 1.165) is 27.1 Å². The van der Waals surface area contributed by atoms with E-state index in [2.05, 4.69) is 15.8 Å². The van der Waals surface area contributed by atoms with Gasteiger partial charge in [-0.3, -0.25) is 19.2 Å². The molecule has 0 spiro atoms. The Balaban J connectivity index is 1.19. The number of amides is 2. The molecule has 0 aromatic heterocycles. The summed E-state index contributed by atoms with van der Waals surface area (Å²) in [5, 5.41) is 23.3. The second-order valence-electron chi connectivity index (χ2n) is 13.0. The normalized spacial score (nSPS) is 16.5. The number of hydrogen-bond acceptors (Lipinski definition) is 8. The monoisotopic (exact) mass is 701 g/mol. The van der Waals surface area contributed by atoms with Crippen LogP contribution in [0.25, 0.3) is 21.5 Å². The van der Waals surface area contributed by atoms with Crippen LogP contribution >= 0.6 is 0 Å². The number of carboxylic acid groups (broad SMARTS) is 1. The predicted molar refractivity (Wildman–Crippen MR) is 196 cm³/mol. The number of nitrogens with zero attached hydrogens (tertiary/aromatic N) is 1. The van der Waals surface area contributed by atoms with E-state index in [0.29, 0.717) is 17.0 Å². The molecule has 266 valence electrons. The average Bonchev–Trinajstić information content (AvgIpc) is 3.60. The van der Waals surface area contributed by atoms with Crippen LogP contribution in [0.1, 0.15) is 42.6 Å². The number of carbonyl (C=O) groups excluding carboxylic acids is 3. The number of nitrogens with one attached hydrogen (secondary N) is 2. The van der Waals surface area contributed by atoms with Gasteiger partial charge >= 0.3 is 11.8 Å². The van der Waals surface area contributed by atoms with Crippen LogP contribution in [0, 0.1) is 5.92 Å². The van der Waals surface area contributed by atoms with Crippen LogP contribution in [0.4, 0.5) is 0 Å². The van der Waals surface area contributed by atoms with Crippen LogP contribution in [0.15, 0.2) is 120 Å². The van der Waals surface area contributed by atoms with Crippen LogP contribution in [-0.4, -0.2) is 58.9 Å². The second-order valence-corrected chi connectivity index (χ2v) is 13.0. The molecule has 52 heavy (non-hydrogen) atoms. The average molecular weight is 702 g/mol. The van der Waals surface area contributed by atoms with E-state index in [4.69, 9.17) is 14.3 Å². The van der Waals surface area contributed by atoms with E-state index in [1.807, 2.05) is 105 Å². The van der Waals surface area contributed by atoms with Crippen LogP contribution < -0.4 is 15.4 Å². The maximum Gasteiger partial charge on any atom is 0.321 e. The van der Waals surface area contributed by atoms with Crippen molar-refractivity contribution in [3.05, 3.63) is 126 Å². The maximum atomic E-state index is 14.1. The molecule has 0 aliphatic carbocycles. The minimum absolute atomic E-state index is 0.0600. The third kappa shape index (κ3) is 8.44. The Morgan fingerprint density at radius 2 is 1.44 bits per heavy atom. The molecule has 6 rings (SSSR count). The molecule has 1 unspecified atom stereocenters. The van der Waals surface area contributed by atoms with E-state index in [-0.39, 0.29) is 24.9 Å². The molecule has 2 amide bonds. The Bertz CT molecular complexity index is 2130. The van der Waals surface area contributed by atoms with Gasteiger partial charge in [0.2, 0.25) is 0 Å². The lowest BCUT2D eigenvalue weighted by Gasteiger charge is -2.28. The summed E-state index contributed by atoms with van der Waals surface area (Å²) in [5.74, 6) is -5.02. The quantitative estimate of drug-likeness (QED) is 0.119. The zero-order chi connectivity index (χ0) is 36.7. The van der Waals surface area contributed by atoms with Crippen LogP contribution in [0.3, 0.4) is 0 Å². The van der Waals surface area contributed by atoms with Crippen molar-refractivity contribution in [3.8, 4) is 5.75 Å². The maximum absolute atomic E-state index is 14.1. The highest BCUT2D eigenvalue weighted by atomic mass is 16.8. The standard InChI is InChI=1S/C41H39N3O8/c1-26(2)38(43-39(48)32-17-16-28-12-6-8-14-30(28)20-32)35-23-41(52-44-35,51-24-27-10-4-3-5-11-27)40(49)42-34(22-37(46)47)36(45)25-50-33-19-18-29-13-7-9-15-31(29)21-33/h3-21,26,34,38H,22-25H2,1-2H3,(H,42,49)(H,43,48)(H,46,47)/t34-,38-,41?/m0/s1. The molecular weight excluding hydrogens is 662 g/mol. The zero-order valence-corrected chi connectivity index (χ0v) is 28.8. The first kappa shape index (κ1) is 35.7. The summed E-state index contributed by atoms with van der Waals surface area (Å²) >= 11 is 0. The lowest BCUT2D eigenvalue weighted by molar-refractivity contribution is -0.225. The van der Waals surface area contributed by atoms with Gasteiger partial charge in [0.05, 0.1) is 31.2 Å². The molecule has 5 aromatic rings. The van der Waals surface area contributed by atoms with Gasteiger partial charge in [-0.05, 0) is 57.3 Å². The Morgan fingerprint density at radius 1 is 0.808 bits per heavy atom. The molecule has 0 saturated heterocycles. The Hall–Kier alpha value is -6.07. The van der Waals surface area contributed by atoms with E-state index < -0.39 is 48.6 Å². The summed E-state index contributed by atoms with van der Waals surface area (Å²) in [4.78, 5) is 58.6. The third-order valence-electron chi connectivity index (χ3n) is 8.88. The van der Waals surface area contributed by atoms with Crippen molar-refractivity contribution in [3.63, 3.8) is 0 Å². The number of fused-ring (bicyclic) bond motifs is 2. The van der Waals surface area contributed by atoms with Gasteiger partial charge in [0.1, 0.15) is 18.4 Å². The first-order chi connectivity index (χ1) is 25.1. The van der Waals surface area contributed by atoms with Crippen molar-refractivity contribution in [2.45, 2.75) is 51.2 Å². The van der Waals surface area contributed by atoms with Crippen molar-refractivity contribution in [2.24, 2.45) is 11.1 Å². The fraction of sp³-hybridized carbons (Fsp3) is 0.244. The SMILES string of the molecule is CC(C)[C@H](NC(=O)c1ccc2ccccc2c1)C1=NOC(OCc2ccccc2)(C(=O)N[C@@H](CC(=O)O)C(=O)COc2ccc3ccccc3c2)C1. The fourth-order valence-electron chi connectivity index (χ4n) is 6.03. The molecule has 11 heteroatoms. The largest absolute Gasteiger partial charge is 0.486 e. The molecule has 0 bridgehead atoms. The lowest BCUT2D eigenvalue weighted by atomic mass is 9.93. The molecule has 3 N–H and O–H groups in total. The number of benzene rings is 5. The minimum Gasteiger partial charge on any atom is -0.486 e. The number of hydrogen-bond donors (Lipinski definition) is 3. The number of Topliss-reactive ketones (excluding diaryl/α,β-unsaturated/α-hetero) is 1. The van der Waals surface area contributed by atoms with Crippen molar-refractivity contribution in [1.82, 2.24) is 10.6 Å². The summed E-state index contributed by atoms with van der Waals surface area (Å²) in [5.41, 5.74) is 1.53. The first-order valence-electron chi connectivity index (χ1n) is 17.0. The Labute approximate surface area is 300 Å². The highest BCUT2D eigenvalue weighted by Gasteiger charge is 2.51.